The molecule has 2 aromatic carbocycles. The lowest BCUT2D eigenvalue weighted by Crippen LogP contribution is -2.28. The van der Waals surface area contributed by atoms with Crippen molar-refractivity contribution < 1.29 is 9.18 Å². The predicted octanol–water partition coefficient (Wildman–Crippen LogP) is 3.67. The van der Waals surface area contributed by atoms with E-state index >= 15 is 0 Å². The van der Waals surface area contributed by atoms with Crippen LogP contribution < -0.4 is 5.32 Å². The standard InChI is InChI=1S/C17H16FN3OS/c1-11(17-20-14-4-2-3-5-15(14)21-17)19-16(22)10-23-13-8-6-12(18)7-9-13/h2-9,11H,10H2,1H3,(H,19,22)(H,20,21)/t11-/m0/s1. The van der Waals surface area contributed by atoms with Gasteiger partial charge in [0.15, 0.2) is 0 Å². The molecule has 23 heavy (non-hydrogen) atoms. The average Bonchev–Trinajstić information content (AvgIpc) is 2.98. The number of benzene rings is 2. The Morgan fingerprint density at radius 1 is 1.26 bits per heavy atom. The number of carbonyl (C=O) groups is 1. The van der Waals surface area contributed by atoms with Gasteiger partial charge in [0.05, 0.1) is 22.8 Å². The molecule has 0 aliphatic rings. The minimum atomic E-state index is -0.280. The quantitative estimate of drug-likeness (QED) is 0.702. The van der Waals surface area contributed by atoms with Crippen molar-refractivity contribution in [3.8, 4) is 0 Å². The molecule has 0 saturated carbocycles. The summed E-state index contributed by atoms with van der Waals surface area (Å²) in [4.78, 5) is 20.6. The van der Waals surface area contributed by atoms with Crippen LogP contribution in [0.25, 0.3) is 11.0 Å². The van der Waals surface area contributed by atoms with Crippen molar-refractivity contribution in [2.45, 2.75) is 17.9 Å². The summed E-state index contributed by atoms with van der Waals surface area (Å²) in [5.41, 5.74) is 1.83. The van der Waals surface area contributed by atoms with Crippen molar-refractivity contribution >= 4 is 28.7 Å². The SMILES string of the molecule is C[C@H](NC(=O)CSc1ccc(F)cc1)c1nc2ccccc2[nH]1. The summed E-state index contributed by atoms with van der Waals surface area (Å²) in [5.74, 6) is 0.631. The second kappa shape index (κ2) is 6.83. The highest BCUT2D eigenvalue weighted by atomic mass is 32.2. The van der Waals surface area contributed by atoms with Crippen molar-refractivity contribution in [3.63, 3.8) is 0 Å². The summed E-state index contributed by atoms with van der Waals surface area (Å²) in [6.07, 6.45) is 0. The summed E-state index contributed by atoms with van der Waals surface area (Å²) in [6.45, 7) is 1.89. The fourth-order valence-electron chi connectivity index (χ4n) is 2.21. The number of rotatable bonds is 5. The highest BCUT2D eigenvalue weighted by Crippen LogP contribution is 2.19. The number of hydrogen-bond donors (Lipinski definition) is 2. The van der Waals surface area contributed by atoms with E-state index in [1.54, 1.807) is 12.1 Å². The number of aromatic nitrogens is 2. The molecule has 0 saturated heterocycles. The van der Waals surface area contributed by atoms with Crippen LogP contribution in [0, 0.1) is 5.82 Å². The van der Waals surface area contributed by atoms with E-state index in [1.807, 2.05) is 31.2 Å². The Morgan fingerprint density at radius 2 is 2.00 bits per heavy atom. The van der Waals surface area contributed by atoms with Gasteiger partial charge >= 0.3 is 0 Å². The topological polar surface area (TPSA) is 57.8 Å². The van der Waals surface area contributed by atoms with E-state index in [0.717, 1.165) is 21.8 Å². The summed E-state index contributed by atoms with van der Waals surface area (Å²) >= 11 is 1.37. The van der Waals surface area contributed by atoms with Gasteiger partial charge in [-0.2, -0.15) is 0 Å². The van der Waals surface area contributed by atoms with Crippen molar-refractivity contribution in [1.29, 1.82) is 0 Å². The molecule has 3 rings (SSSR count). The number of H-pyrrole nitrogens is 1. The number of fused-ring (bicyclic) bond motifs is 1. The van der Waals surface area contributed by atoms with E-state index in [4.69, 9.17) is 0 Å². The fraction of sp³-hybridized carbons (Fsp3) is 0.176. The number of thioether (sulfide) groups is 1. The van der Waals surface area contributed by atoms with Crippen LogP contribution in [0.4, 0.5) is 4.39 Å². The Hall–Kier alpha value is -2.34. The van der Waals surface area contributed by atoms with Gasteiger partial charge in [-0.25, -0.2) is 9.37 Å². The highest BCUT2D eigenvalue weighted by Gasteiger charge is 2.13. The third-order valence-electron chi connectivity index (χ3n) is 3.38. The van der Waals surface area contributed by atoms with E-state index in [-0.39, 0.29) is 23.5 Å². The number of halogens is 1. The minimum absolute atomic E-state index is 0.0905. The summed E-state index contributed by atoms with van der Waals surface area (Å²) in [6, 6.07) is 13.6. The van der Waals surface area contributed by atoms with Gasteiger partial charge in [-0.15, -0.1) is 11.8 Å². The number of imidazole rings is 1. The Morgan fingerprint density at radius 3 is 2.74 bits per heavy atom. The number of amides is 1. The molecular formula is C17H16FN3OS. The minimum Gasteiger partial charge on any atom is -0.346 e. The highest BCUT2D eigenvalue weighted by molar-refractivity contribution is 8.00. The Balaban J connectivity index is 1.57. The summed E-state index contributed by atoms with van der Waals surface area (Å²) in [5, 5.41) is 2.91. The van der Waals surface area contributed by atoms with Gasteiger partial charge in [0.25, 0.3) is 0 Å². The average molecular weight is 329 g/mol. The number of para-hydroxylation sites is 2. The van der Waals surface area contributed by atoms with Crippen LogP contribution in [-0.2, 0) is 4.79 Å². The molecule has 6 heteroatoms. The second-order valence-corrected chi connectivity index (χ2v) is 6.22. The van der Waals surface area contributed by atoms with E-state index in [1.165, 1.54) is 23.9 Å². The third kappa shape index (κ3) is 3.90. The molecule has 1 atom stereocenters. The molecule has 2 N–H and O–H groups in total. The first-order valence-corrected chi connectivity index (χ1v) is 8.23. The maximum atomic E-state index is 12.8. The molecule has 0 aliphatic heterocycles. The lowest BCUT2D eigenvalue weighted by Gasteiger charge is -2.11. The molecule has 0 radical (unpaired) electrons. The fourth-order valence-corrected chi connectivity index (χ4v) is 2.92. The van der Waals surface area contributed by atoms with Crippen LogP contribution in [0.5, 0.6) is 0 Å². The predicted molar refractivity (Wildman–Crippen MR) is 89.8 cm³/mol. The zero-order valence-electron chi connectivity index (χ0n) is 12.5. The molecule has 1 amide bonds. The number of hydrogen-bond acceptors (Lipinski definition) is 3. The van der Waals surface area contributed by atoms with E-state index < -0.39 is 0 Å². The smallest absolute Gasteiger partial charge is 0.230 e. The second-order valence-electron chi connectivity index (χ2n) is 5.17. The lowest BCUT2D eigenvalue weighted by molar-refractivity contribution is -0.119. The van der Waals surface area contributed by atoms with Crippen LogP contribution >= 0.6 is 11.8 Å². The number of aromatic amines is 1. The molecule has 0 fully saturated rings. The first-order valence-electron chi connectivity index (χ1n) is 7.24. The van der Waals surface area contributed by atoms with Gasteiger partial charge in [0.1, 0.15) is 11.6 Å². The van der Waals surface area contributed by atoms with E-state index in [2.05, 4.69) is 15.3 Å². The van der Waals surface area contributed by atoms with Crippen molar-refractivity contribution in [1.82, 2.24) is 15.3 Å². The van der Waals surface area contributed by atoms with Gasteiger partial charge in [-0.3, -0.25) is 4.79 Å². The van der Waals surface area contributed by atoms with Crippen LogP contribution in [-0.4, -0.2) is 21.6 Å². The van der Waals surface area contributed by atoms with Crippen LogP contribution in [0.15, 0.2) is 53.4 Å². The van der Waals surface area contributed by atoms with Gasteiger partial charge in [-0.05, 0) is 43.3 Å². The third-order valence-corrected chi connectivity index (χ3v) is 4.39. The molecule has 1 heterocycles. The van der Waals surface area contributed by atoms with Crippen LogP contribution in [0.1, 0.15) is 18.8 Å². The zero-order chi connectivity index (χ0) is 16.2. The Kier molecular flexibility index (Phi) is 4.62. The van der Waals surface area contributed by atoms with Gasteiger partial charge in [-0.1, -0.05) is 12.1 Å². The zero-order valence-corrected chi connectivity index (χ0v) is 13.4. The molecule has 1 aromatic heterocycles. The van der Waals surface area contributed by atoms with Gasteiger partial charge < -0.3 is 10.3 Å². The van der Waals surface area contributed by atoms with Crippen molar-refractivity contribution in [2.24, 2.45) is 0 Å². The normalized spacial score (nSPS) is 12.3. The monoisotopic (exact) mass is 329 g/mol. The molecular weight excluding hydrogens is 313 g/mol. The molecule has 3 aromatic rings. The Bertz CT molecular complexity index is 783. The molecule has 0 bridgehead atoms. The first-order chi connectivity index (χ1) is 11.1. The molecule has 118 valence electrons. The summed E-state index contributed by atoms with van der Waals surface area (Å²) in [7, 11) is 0. The molecule has 0 aliphatic carbocycles. The van der Waals surface area contributed by atoms with E-state index in [9.17, 15) is 9.18 Å². The van der Waals surface area contributed by atoms with Crippen LogP contribution in [0.3, 0.4) is 0 Å². The van der Waals surface area contributed by atoms with Crippen LogP contribution in [0.2, 0.25) is 0 Å². The Labute approximate surface area is 137 Å². The largest absolute Gasteiger partial charge is 0.346 e. The lowest BCUT2D eigenvalue weighted by atomic mass is 10.3. The van der Waals surface area contributed by atoms with Gasteiger partial charge in [0.2, 0.25) is 5.91 Å². The summed E-state index contributed by atoms with van der Waals surface area (Å²) < 4.78 is 12.8. The molecule has 0 unspecified atom stereocenters. The maximum Gasteiger partial charge on any atom is 0.230 e. The number of nitrogens with zero attached hydrogens (tertiary/aromatic N) is 1. The van der Waals surface area contributed by atoms with E-state index in [0.29, 0.717) is 0 Å². The molecule has 4 nitrogen and oxygen atoms in total. The van der Waals surface area contributed by atoms with Crippen molar-refractivity contribution in [2.75, 3.05) is 5.75 Å². The number of nitrogens with one attached hydrogen (secondary N) is 2. The van der Waals surface area contributed by atoms with Gasteiger partial charge in [0, 0.05) is 4.90 Å². The first kappa shape index (κ1) is 15.6. The number of carbonyl (C=O) groups excluding carboxylic acids is 1. The van der Waals surface area contributed by atoms with Crippen molar-refractivity contribution in [3.05, 3.63) is 60.2 Å². The maximum absolute atomic E-state index is 12.8. The molecule has 0 spiro atoms.